The predicted molar refractivity (Wildman–Crippen MR) is 90.5 cm³/mol. The van der Waals surface area contributed by atoms with E-state index in [1.165, 1.54) is 0 Å². The number of rotatable bonds is 4. The molecule has 1 unspecified atom stereocenters. The second-order valence-electron chi connectivity index (χ2n) is 6.93. The molecule has 1 aromatic heterocycles. The van der Waals surface area contributed by atoms with Crippen LogP contribution in [0.4, 0.5) is 32.2 Å². The SMILES string of the molecule is O=C(O)C1(C2C=CN(S(=O)(=O)C(F)(F)F)c3ncn(S(=O)(=O)C(F)(F)F)c32)CCCC1. The normalized spacial score (nSPS) is 21.9. The average Bonchev–Trinajstić information content (AvgIpc) is 3.27. The molecule has 0 saturated heterocycles. The van der Waals surface area contributed by atoms with Crippen molar-refractivity contribution >= 4 is 31.8 Å². The van der Waals surface area contributed by atoms with Crippen molar-refractivity contribution in [3.8, 4) is 0 Å². The fourth-order valence-electron chi connectivity index (χ4n) is 3.82. The first-order valence-corrected chi connectivity index (χ1v) is 11.3. The predicted octanol–water partition coefficient (Wildman–Crippen LogP) is 2.49. The zero-order valence-corrected chi connectivity index (χ0v) is 16.7. The van der Waals surface area contributed by atoms with Gasteiger partial charge in [-0.1, -0.05) is 18.9 Å². The Kier molecular flexibility index (Phi) is 5.16. The minimum atomic E-state index is -6.27. The van der Waals surface area contributed by atoms with Gasteiger partial charge in [0.25, 0.3) is 0 Å². The number of halogens is 6. The lowest BCUT2D eigenvalue weighted by molar-refractivity contribution is -0.149. The number of allylic oxidation sites excluding steroid dienone is 1. The van der Waals surface area contributed by atoms with Crippen LogP contribution in [0.3, 0.4) is 0 Å². The highest BCUT2D eigenvalue weighted by Gasteiger charge is 2.57. The molecule has 1 aliphatic carbocycles. The molecule has 1 fully saturated rings. The maximum absolute atomic E-state index is 13.2. The van der Waals surface area contributed by atoms with E-state index in [0.29, 0.717) is 25.1 Å². The fraction of sp³-hybridized carbons (Fsp3) is 0.571. The van der Waals surface area contributed by atoms with Crippen LogP contribution in [0, 0.1) is 5.41 Å². The van der Waals surface area contributed by atoms with Crippen LogP contribution in [0.1, 0.15) is 37.3 Å². The second-order valence-corrected chi connectivity index (χ2v) is 10.5. The number of fused-ring (bicyclic) bond motifs is 1. The summed E-state index contributed by atoms with van der Waals surface area (Å²) in [6.07, 6.45) is 1.34. The number of carboxylic acids is 1. The number of hydrogen-bond acceptors (Lipinski definition) is 6. The second kappa shape index (κ2) is 6.85. The first kappa shape index (κ1) is 23.4. The maximum atomic E-state index is 13.2. The lowest BCUT2D eigenvalue weighted by Gasteiger charge is -2.36. The Morgan fingerprint density at radius 3 is 2.00 bits per heavy atom. The highest BCUT2D eigenvalue weighted by Crippen LogP contribution is 2.54. The van der Waals surface area contributed by atoms with Gasteiger partial charge in [-0.3, -0.25) is 4.79 Å². The third-order valence-electron chi connectivity index (χ3n) is 5.29. The van der Waals surface area contributed by atoms with E-state index >= 15 is 0 Å². The number of anilines is 1. The quantitative estimate of drug-likeness (QED) is 0.634. The molecular formula is C14H13F6N3O6S2. The van der Waals surface area contributed by atoms with Crippen LogP contribution < -0.4 is 4.31 Å². The van der Waals surface area contributed by atoms with Gasteiger partial charge in [-0.05, 0) is 12.8 Å². The minimum absolute atomic E-state index is 0.0108. The fourth-order valence-corrected chi connectivity index (χ4v) is 5.49. The molecule has 0 spiro atoms. The summed E-state index contributed by atoms with van der Waals surface area (Å²) in [6, 6.07) is 0. The Morgan fingerprint density at radius 1 is 1.03 bits per heavy atom. The third kappa shape index (κ3) is 3.28. The van der Waals surface area contributed by atoms with Crippen LogP contribution >= 0.6 is 0 Å². The number of alkyl halides is 6. The summed E-state index contributed by atoms with van der Waals surface area (Å²) >= 11 is 0. The van der Waals surface area contributed by atoms with E-state index in [0.717, 1.165) is 0 Å². The van der Waals surface area contributed by atoms with Gasteiger partial charge < -0.3 is 5.11 Å². The Hall–Kier alpha value is -2.30. The number of hydrogen-bond donors (Lipinski definition) is 1. The molecule has 174 valence electrons. The first-order chi connectivity index (χ1) is 14.0. The van der Waals surface area contributed by atoms with Crippen LogP contribution in [0.15, 0.2) is 18.6 Å². The number of nitrogens with zero attached hydrogens (tertiary/aromatic N) is 3. The van der Waals surface area contributed by atoms with Gasteiger partial charge in [-0.2, -0.15) is 43.2 Å². The van der Waals surface area contributed by atoms with Gasteiger partial charge in [0.15, 0.2) is 5.82 Å². The van der Waals surface area contributed by atoms with Crippen LogP contribution in [0.25, 0.3) is 0 Å². The zero-order valence-electron chi connectivity index (χ0n) is 15.1. The first-order valence-electron chi connectivity index (χ1n) is 8.40. The van der Waals surface area contributed by atoms with E-state index in [4.69, 9.17) is 0 Å². The summed E-state index contributed by atoms with van der Waals surface area (Å²) in [5, 5.41) is 9.74. The topological polar surface area (TPSA) is 127 Å². The molecule has 1 atom stereocenters. The van der Waals surface area contributed by atoms with Gasteiger partial charge in [0.2, 0.25) is 0 Å². The number of sulfonamides is 1. The van der Waals surface area contributed by atoms with Crippen molar-refractivity contribution < 1.29 is 53.1 Å². The molecular weight excluding hydrogens is 484 g/mol. The molecule has 0 bridgehead atoms. The molecule has 3 rings (SSSR count). The van der Waals surface area contributed by atoms with Crippen LogP contribution in [0.2, 0.25) is 0 Å². The molecule has 9 nitrogen and oxygen atoms in total. The summed E-state index contributed by atoms with van der Waals surface area (Å²) in [5.41, 5.74) is -14.8. The molecule has 2 heterocycles. The molecule has 0 aromatic carbocycles. The largest absolute Gasteiger partial charge is 0.517 e. The van der Waals surface area contributed by atoms with E-state index < -0.39 is 68.2 Å². The summed E-state index contributed by atoms with van der Waals surface area (Å²) in [7, 11) is -12.5. The standard InChI is InChI=1S/C14H13F6N3O6S2/c15-13(16,17)30(26,27)22-6-3-8(12(11(24)25)4-1-2-5-12)9-10(22)21-7-23(9)31(28,29)14(18,19)20/h3,6-8H,1-2,4-5H2,(H,24,25). The lowest BCUT2D eigenvalue weighted by Crippen LogP contribution is -2.43. The minimum Gasteiger partial charge on any atom is -0.481 e. The van der Waals surface area contributed by atoms with Gasteiger partial charge in [-0.15, -0.1) is 0 Å². The van der Waals surface area contributed by atoms with Crippen molar-refractivity contribution in [2.45, 2.75) is 42.6 Å². The van der Waals surface area contributed by atoms with Crippen molar-refractivity contribution in [1.29, 1.82) is 0 Å². The molecule has 0 amide bonds. The number of carboxylic acid groups (broad SMARTS) is 1. The lowest BCUT2D eigenvalue weighted by atomic mass is 9.71. The van der Waals surface area contributed by atoms with Crippen molar-refractivity contribution in [3.63, 3.8) is 0 Å². The van der Waals surface area contributed by atoms with Gasteiger partial charge in [-0.25, -0.2) is 13.3 Å². The molecule has 0 radical (unpaired) electrons. The van der Waals surface area contributed by atoms with E-state index in [-0.39, 0.29) is 19.2 Å². The molecule has 1 N–H and O–H groups in total. The third-order valence-corrected chi connectivity index (χ3v) is 8.08. The Bertz CT molecular complexity index is 1150. The Labute approximate surface area is 171 Å². The number of aliphatic carboxylic acids is 1. The Morgan fingerprint density at radius 2 is 1.55 bits per heavy atom. The number of aromatic nitrogens is 2. The summed E-state index contributed by atoms with van der Waals surface area (Å²) in [4.78, 5) is 15.2. The van der Waals surface area contributed by atoms with Crippen LogP contribution in [-0.2, 0) is 24.8 Å². The zero-order chi connectivity index (χ0) is 23.6. The van der Waals surface area contributed by atoms with Gasteiger partial charge in [0.05, 0.1) is 11.1 Å². The summed E-state index contributed by atoms with van der Waals surface area (Å²) in [5.74, 6) is -4.48. The van der Waals surface area contributed by atoms with Crippen molar-refractivity contribution in [3.05, 3.63) is 24.3 Å². The van der Waals surface area contributed by atoms with Crippen molar-refractivity contribution in [2.75, 3.05) is 4.31 Å². The highest BCUT2D eigenvalue weighted by atomic mass is 32.2. The van der Waals surface area contributed by atoms with E-state index in [1.54, 1.807) is 0 Å². The summed E-state index contributed by atoms with van der Waals surface area (Å²) < 4.78 is 125. The van der Waals surface area contributed by atoms with E-state index in [1.807, 2.05) is 0 Å². The van der Waals surface area contributed by atoms with Gasteiger partial charge in [0.1, 0.15) is 6.33 Å². The molecule has 1 saturated carbocycles. The van der Waals surface area contributed by atoms with Crippen LogP contribution in [-0.4, -0.2) is 47.9 Å². The van der Waals surface area contributed by atoms with Gasteiger partial charge in [0, 0.05) is 12.1 Å². The molecule has 1 aromatic rings. The average molecular weight is 497 g/mol. The highest BCUT2D eigenvalue weighted by molar-refractivity contribution is 7.93. The number of imidazole rings is 1. The monoisotopic (exact) mass is 497 g/mol. The molecule has 1 aliphatic heterocycles. The van der Waals surface area contributed by atoms with E-state index in [9.17, 15) is 53.1 Å². The Balaban J connectivity index is 2.34. The number of carbonyl (C=O) groups is 1. The molecule has 31 heavy (non-hydrogen) atoms. The van der Waals surface area contributed by atoms with Crippen molar-refractivity contribution in [1.82, 2.24) is 8.96 Å². The molecule has 2 aliphatic rings. The van der Waals surface area contributed by atoms with E-state index in [2.05, 4.69) is 4.98 Å². The van der Waals surface area contributed by atoms with Crippen LogP contribution in [0.5, 0.6) is 0 Å². The van der Waals surface area contributed by atoms with Gasteiger partial charge >= 0.3 is 37.0 Å². The smallest absolute Gasteiger partial charge is 0.481 e. The maximum Gasteiger partial charge on any atom is 0.517 e. The van der Waals surface area contributed by atoms with Crippen molar-refractivity contribution in [2.24, 2.45) is 5.41 Å². The summed E-state index contributed by atoms with van der Waals surface area (Å²) in [6.45, 7) is 0. The molecule has 17 heteroatoms.